The van der Waals surface area contributed by atoms with Gasteiger partial charge in [-0.15, -0.1) is 11.3 Å². The summed E-state index contributed by atoms with van der Waals surface area (Å²) in [4.78, 5) is 0. The third-order valence-corrected chi connectivity index (χ3v) is 6.83. The molecule has 7 rings (SSSR count). The Bertz CT molecular complexity index is 2370. The van der Waals surface area contributed by atoms with Gasteiger partial charge in [-0.1, -0.05) is 96.8 Å². The molecule has 7 aromatic rings. The Balaban J connectivity index is 1.89. The molecule has 0 atom stereocenters. The van der Waals surface area contributed by atoms with Crippen molar-refractivity contribution in [2.75, 3.05) is 0 Å². The second kappa shape index (κ2) is 6.41. The smallest absolute Gasteiger partial charge is 0.0636 e. The lowest BCUT2D eigenvalue weighted by Crippen LogP contribution is -1.87. The van der Waals surface area contributed by atoms with Gasteiger partial charge in [-0.05, 0) is 50.0 Å². The van der Waals surface area contributed by atoms with Crippen LogP contribution in [0.15, 0.2) is 109 Å². The first-order valence-corrected chi connectivity index (χ1v) is 10.5. The molecule has 1 aromatic heterocycles. The van der Waals surface area contributed by atoms with E-state index >= 15 is 0 Å². The first-order valence-electron chi connectivity index (χ1n) is 15.2. The molecule has 0 N–H and O–H groups in total. The monoisotopic (exact) mass is 421 g/mol. The Labute approximate surface area is 199 Å². The van der Waals surface area contributed by atoms with Gasteiger partial charge in [0.1, 0.15) is 0 Å². The minimum Gasteiger partial charge on any atom is -0.135 e. The molecule has 0 spiro atoms. The fourth-order valence-corrected chi connectivity index (χ4v) is 5.50. The maximum atomic E-state index is 9.25. The summed E-state index contributed by atoms with van der Waals surface area (Å²) < 4.78 is 97.4. The van der Waals surface area contributed by atoms with E-state index < -0.39 is 60.4 Å². The summed E-state index contributed by atoms with van der Waals surface area (Å²) in [5, 5.41) is 1.43. The fourth-order valence-electron chi connectivity index (χ4n) is 4.28. The minimum atomic E-state index is -0.566. The summed E-state index contributed by atoms with van der Waals surface area (Å²) >= 11 is 1.48. The van der Waals surface area contributed by atoms with E-state index in [9.17, 15) is 1.37 Å². The number of fused-ring (bicyclic) bond motifs is 7. The number of hydrogen-bond donors (Lipinski definition) is 0. The van der Waals surface area contributed by atoms with Crippen molar-refractivity contribution < 1.29 is 15.1 Å². The molecule has 0 aliphatic heterocycles. The van der Waals surface area contributed by atoms with Gasteiger partial charge >= 0.3 is 0 Å². The van der Waals surface area contributed by atoms with Crippen LogP contribution in [0.4, 0.5) is 0 Å². The van der Waals surface area contributed by atoms with Gasteiger partial charge in [-0.25, -0.2) is 0 Å². The van der Waals surface area contributed by atoms with E-state index in [1.54, 1.807) is 6.07 Å². The first-order chi connectivity index (χ1) is 20.0. The molecule has 0 nitrogen and oxygen atoms in total. The van der Waals surface area contributed by atoms with Crippen LogP contribution in [-0.4, -0.2) is 0 Å². The van der Waals surface area contributed by atoms with Crippen LogP contribution in [0.2, 0.25) is 0 Å². The van der Waals surface area contributed by atoms with Crippen LogP contribution in [0.3, 0.4) is 0 Å². The molecule has 0 saturated carbocycles. The highest BCUT2D eigenvalue weighted by Gasteiger charge is 2.16. The topological polar surface area (TPSA) is 0 Å². The van der Waals surface area contributed by atoms with E-state index in [2.05, 4.69) is 0 Å². The van der Waals surface area contributed by atoms with Crippen LogP contribution in [0.5, 0.6) is 0 Å². The quantitative estimate of drug-likeness (QED) is 0.183. The molecule has 31 heavy (non-hydrogen) atoms. The lowest BCUT2D eigenvalue weighted by atomic mass is 9.89. The molecular formula is C30H18S. The molecule has 0 bridgehead atoms. The maximum absolute atomic E-state index is 9.25. The zero-order valence-electron chi connectivity index (χ0n) is 26.9. The number of rotatable bonds is 1. The Kier molecular flexibility index (Phi) is 1.99. The van der Waals surface area contributed by atoms with E-state index in [-0.39, 0.29) is 43.9 Å². The summed E-state index contributed by atoms with van der Waals surface area (Å²) in [5.41, 5.74) is 0.773. The predicted molar refractivity (Wildman–Crippen MR) is 137 cm³/mol. The summed E-state index contributed by atoms with van der Waals surface area (Å²) in [6.07, 6.45) is 0. The zero-order valence-corrected chi connectivity index (χ0v) is 16.8. The van der Waals surface area contributed by atoms with E-state index in [4.69, 9.17) is 13.7 Å². The van der Waals surface area contributed by atoms with Crippen molar-refractivity contribution in [3.05, 3.63) is 109 Å². The molecule has 0 amide bonds. The normalized spacial score (nSPS) is 16.8. The van der Waals surface area contributed by atoms with E-state index in [0.717, 1.165) is 20.2 Å². The Morgan fingerprint density at radius 3 is 2.26 bits per heavy atom. The van der Waals surface area contributed by atoms with Gasteiger partial charge in [-0.2, -0.15) is 0 Å². The molecule has 0 radical (unpaired) electrons. The molecule has 0 fully saturated rings. The van der Waals surface area contributed by atoms with Crippen LogP contribution in [0.1, 0.15) is 15.1 Å². The highest BCUT2D eigenvalue weighted by atomic mass is 32.1. The average molecular weight is 422 g/mol. The van der Waals surface area contributed by atoms with Gasteiger partial charge in [0, 0.05) is 25.7 Å². The molecule has 0 saturated heterocycles. The molecular weight excluding hydrogens is 392 g/mol. The van der Waals surface area contributed by atoms with Gasteiger partial charge in [0.25, 0.3) is 0 Å². The van der Waals surface area contributed by atoms with Gasteiger partial charge in [0.15, 0.2) is 0 Å². The van der Waals surface area contributed by atoms with Crippen LogP contribution >= 0.6 is 11.3 Å². The van der Waals surface area contributed by atoms with Crippen LogP contribution in [-0.2, 0) is 0 Å². The van der Waals surface area contributed by atoms with Gasteiger partial charge in [-0.3, -0.25) is 0 Å². The number of thiophene rings is 1. The van der Waals surface area contributed by atoms with Crippen LogP contribution in [0, 0.1) is 0 Å². The maximum Gasteiger partial charge on any atom is 0.0636 e. The third kappa shape index (κ3) is 2.41. The molecule has 1 heterocycles. The van der Waals surface area contributed by atoms with Crippen LogP contribution < -0.4 is 0 Å². The van der Waals surface area contributed by atoms with Crippen molar-refractivity contribution in [1.29, 1.82) is 0 Å². The highest BCUT2D eigenvalue weighted by molar-refractivity contribution is 7.26. The average Bonchev–Trinajstić information content (AvgIpc) is 3.37. The third-order valence-electron chi connectivity index (χ3n) is 5.61. The molecule has 1 heteroatoms. The van der Waals surface area contributed by atoms with Crippen molar-refractivity contribution in [1.82, 2.24) is 0 Å². The van der Waals surface area contributed by atoms with E-state index in [0.29, 0.717) is 5.56 Å². The fraction of sp³-hybridized carbons (Fsp3) is 0. The SMILES string of the molecule is [2H]c1c([2H])c([2H])c2c([2H])c3c(c([2H])c([2H])c4c([2H])c([2H])c([2H])c([2H])c43)c(-c3cccc4c3sc3ccccc34)c2c1[2H]. The second-order valence-corrected chi connectivity index (χ2v) is 8.33. The van der Waals surface area contributed by atoms with Crippen molar-refractivity contribution in [3.8, 4) is 11.1 Å². The van der Waals surface area contributed by atoms with Crippen LogP contribution in [0.25, 0.3) is 63.6 Å². The van der Waals surface area contributed by atoms with E-state index in [1.807, 2.05) is 36.4 Å². The van der Waals surface area contributed by atoms with Gasteiger partial charge in [0.2, 0.25) is 0 Å². The van der Waals surface area contributed by atoms with Crippen molar-refractivity contribution in [2.45, 2.75) is 0 Å². The zero-order chi connectivity index (χ0) is 29.9. The molecule has 6 aromatic carbocycles. The first kappa shape index (κ1) is 9.64. The Morgan fingerprint density at radius 2 is 1.32 bits per heavy atom. The Hall–Kier alpha value is -3.68. The van der Waals surface area contributed by atoms with Crippen molar-refractivity contribution >= 4 is 63.8 Å². The van der Waals surface area contributed by atoms with Gasteiger partial charge < -0.3 is 0 Å². The summed E-state index contributed by atoms with van der Waals surface area (Å²) in [6, 6.07) is 8.09. The lowest BCUT2D eigenvalue weighted by Gasteiger charge is -2.14. The predicted octanol–water partition coefficient (Wildman–Crippen LogP) is 9.18. The molecule has 0 aliphatic rings. The van der Waals surface area contributed by atoms with E-state index in [1.165, 1.54) is 11.3 Å². The summed E-state index contributed by atoms with van der Waals surface area (Å²) in [7, 11) is 0. The standard InChI is InChI=1S/C30H18S/c1-3-10-21-19(8-1)16-17-24-27(21)18-20-9-2-4-11-22(20)29(24)26-14-7-13-25-23-12-5-6-15-28(23)31-30(25)26/h1-18H/i1D,2D,3D,4D,8D,9D,10D,11D,16D,17D,18D. The Morgan fingerprint density at radius 1 is 0.548 bits per heavy atom. The highest BCUT2D eigenvalue weighted by Crippen LogP contribution is 2.45. The van der Waals surface area contributed by atoms with Gasteiger partial charge in [0.05, 0.1) is 15.1 Å². The van der Waals surface area contributed by atoms with Crippen molar-refractivity contribution in [2.24, 2.45) is 0 Å². The minimum absolute atomic E-state index is 0.0246. The summed E-state index contributed by atoms with van der Waals surface area (Å²) in [5.74, 6) is 0. The second-order valence-electron chi connectivity index (χ2n) is 7.28. The van der Waals surface area contributed by atoms with Crippen molar-refractivity contribution in [3.63, 3.8) is 0 Å². The molecule has 0 aliphatic carbocycles. The number of hydrogen-bond acceptors (Lipinski definition) is 1. The largest absolute Gasteiger partial charge is 0.135 e. The molecule has 0 unspecified atom stereocenters. The lowest BCUT2D eigenvalue weighted by molar-refractivity contribution is 1.74. The summed E-state index contributed by atoms with van der Waals surface area (Å²) in [6.45, 7) is 0. The molecule has 144 valence electrons. The number of benzene rings is 6.